The molecule has 0 radical (unpaired) electrons. The lowest BCUT2D eigenvalue weighted by atomic mass is 10.1. The molecule has 0 bridgehead atoms. The normalized spacial score (nSPS) is 18.7. The average Bonchev–Trinajstić information content (AvgIpc) is 2.90. The highest BCUT2D eigenvalue weighted by atomic mass is 79.9. The van der Waals surface area contributed by atoms with Gasteiger partial charge in [-0.2, -0.15) is 0 Å². The minimum atomic E-state index is 0.0682. The molecule has 1 atom stereocenters. The second kappa shape index (κ2) is 5.71. The van der Waals surface area contributed by atoms with Gasteiger partial charge in [0, 0.05) is 18.1 Å². The van der Waals surface area contributed by atoms with Crippen molar-refractivity contribution in [1.29, 1.82) is 0 Å². The summed E-state index contributed by atoms with van der Waals surface area (Å²) in [7, 11) is 3.41. The van der Waals surface area contributed by atoms with Crippen LogP contribution in [-0.2, 0) is 4.79 Å². The summed E-state index contributed by atoms with van der Waals surface area (Å²) in [6, 6.07) is 5.66. The van der Waals surface area contributed by atoms with Crippen molar-refractivity contribution in [2.75, 3.05) is 32.1 Å². The largest absolute Gasteiger partial charge is 0.495 e. The Balaban J connectivity index is 2.24. The van der Waals surface area contributed by atoms with Crippen LogP contribution in [0.5, 0.6) is 5.75 Å². The Morgan fingerprint density at radius 2 is 2.33 bits per heavy atom. The lowest BCUT2D eigenvalue weighted by Crippen LogP contribution is -2.34. The Morgan fingerprint density at radius 3 is 2.94 bits per heavy atom. The number of hydrogen-bond donors (Lipinski definition) is 1. The summed E-state index contributed by atoms with van der Waals surface area (Å²) >= 11 is 3.42. The molecule has 18 heavy (non-hydrogen) atoms. The minimum Gasteiger partial charge on any atom is -0.495 e. The highest BCUT2D eigenvalue weighted by Gasteiger charge is 2.27. The zero-order valence-corrected chi connectivity index (χ0v) is 12.2. The first-order valence-electron chi connectivity index (χ1n) is 5.95. The average molecular weight is 313 g/mol. The van der Waals surface area contributed by atoms with E-state index in [0.29, 0.717) is 5.75 Å². The van der Waals surface area contributed by atoms with Gasteiger partial charge in [0.1, 0.15) is 5.75 Å². The standard InChI is InChI=1S/C13H17BrN2O2/c1-16(13(17)9-5-6-15-8-9)11-7-10(14)3-4-12(11)18-2/h3-4,7,9,15H,5-6,8H2,1-2H3. The third-order valence-electron chi connectivity index (χ3n) is 3.24. The molecular weight excluding hydrogens is 296 g/mol. The van der Waals surface area contributed by atoms with Crippen molar-refractivity contribution in [3.05, 3.63) is 22.7 Å². The highest BCUT2D eigenvalue weighted by molar-refractivity contribution is 9.10. The smallest absolute Gasteiger partial charge is 0.231 e. The molecule has 4 nitrogen and oxygen atoms in total. The molecule has 1 N–H and O–H groups in total. The quantitative estimate of drug-likeness (QED) is 0.928. The molecule has 1 amide bonds. The summed E-state index contributed by atoms with van der Waals surface area (Å²) in [6.07, 6.45) is 0.902. The van der Waals surface area contributed by atoms with Crippen LogP contribution >= 0.6 is 15.9 Å². The van der Waals surface area contributed by atoms with E-state index in [4.69, 9.17) is 4.74 Å². The van der Waals surface area contributed by atoms with Crippen LogP contribution in [0.4, 0.5) is 5.69 Å². The highest BCUT2D eigenvalue weighted by Crippen LogP contribution is 2.31. The van der Waals surface area contributed by atoms with Crippen LogP contribution in [0.1, 0.15) is 6.42 Å². The number of halogens is 1. The SMILES string of the molecule is COc1ccc(Br)cc1N(C)C(=O)C1CCNC1. The first kappa shape index (κ1) is 13.4. The zero-order chi connectivity index (χ0) is 13.1. The van der Waals surface area contributed by atoms with Crippen LogP contribution in [0.2, 0.25) is 0 Å². The first-order valence-corrected chi connectivity index (χ1v) is 6.74. The van der Waals surface area contributed by atoms with Gasteiger partial charge in [0.05, 0.1) is 18.7 Å². The van der Waals surface area contributed by atoms with Gasteiger partial charge in [-0.1, -0.05) is 15.9 Å². The maximum atomic E-state index is 12.3. The number of hydrogen-bond acceptors (Lipinski definition) is 3. The molecule has 1 unspecified atom stereocenters. The van der Waals surface area contributed by atoms with E-state index in [9.17, 15) is 4.79 Å². The predicted octanol–water partition coefficient (Wildman–Crippen LogP) is 2.03. The number of amides is 1. The number of carbonyl (C=O) groups excluding carboxylic acids is 1. The van der Waals surface area contributed by atoms with Crippen molar-refractivity contribution in [2.24, 2.45) is 5.92 Å². The Kier molecular flexibility index (Phi) is 4.24. The van der Waals surface area contributed by atoms with Crippen LogP contribution in [-0.4, -0.2) is 33.2 Å². The second-order valence-corrected chi connectivity index (χ2v) is 5.32. The Bertz CT molecular complexity index is 445. The zero-order valence-electron chi connectivity index (χ0n) is 10.6. The lowest BCUT2D eigenvalue weighted by Gasteiger charge is -2.23. The number of methoxy groups -OCH3 is 1. The molecule has 1 heterocycles. The second-order valence-electron chi connectivity index (χ2n) is 4.40. The van der Waals surface area contributed by atoms with E-state index in [0.717, 1.165) is 29.7 Å². The van der Waals surface area contributed by atoms with E-state index < -0.39 is 0 Å². The van der Waals surface area contributed by atoms with Gasteiger partial charge in [-0.3, -0.25) is 4.79 Å². The van der Waals surface area contributed by atoms with Crippen molar-refractivity contribution in [3.8, 4) is 5.75 Å². The third-order valence-corrected chi connectivity index (χ3v) is 3.74. The molecule has 0 spiro atoms. The van der Waals surface area contributed by atoms with Gasteiger partial charge in [0.25, 0.3) is 0 Å². The minimum absolute atomic E-state index is 0.0682. The molecule has 0 aromatic heterocycles. The molecule has 98 valence electrons. The number of ether oxygens (including phenoxy) is 1. The maximum absolute atomic E-state index is 12.3. The van der Waals surface area contributed by atoms with E-state index in [1.54, 1.807) is 19.1 Å². The van der Waals surface area contributed by atoms with Crippen LogP contribution in [0, 0.1) is 5.92 Å². The van der Waals surface area contributed by atoms with Crippen LogP contribution in [0.3, 0.4) is 0 Å². The third kappa shape index (κ3) is 2.67. The Hall–Kier alpha value is -1.07. The fraction of sp³-hybridized carbons (Fsp3) is 0.462. The molecule has 1 aromatic rings. The predicted molar refractivity (Wildman–Crippen MR) is 75.1 cm³/mol. The molecule has 1 aliphatic heterocycles. The van der Waals surface area contributed by atoms with Gasteiger partial charge in [-0.05, 0) is 31.2 Å². The summed E-state index contributed by atoms with van der Waals surface area (Å²) in [5.41, 5.74) is 0.795. The maximum Gasteiger partial charge on any atom is 0.231 e. The van der Waals surface area contributed by atoms with Gasteiger partial charge in [-0.15, -0.1) is 0 Å². The summed E-state index contributed by atoms with van der Waals surface area (Å²) < 4.78 is 6.24. The Labute approximate surface area is 115 Å². The van der Waals surface area contributed by atoms with E-state index >= 15 is 0 Å². The molecule has 1 aliphatic rings. The van der Waals surface area contributed by atoms with Crippen molar-refractivity contribution in [1.82, 2.24) is 5.32 Å². The molecule has 1 fully saturated rings. The summed E-state index contributed by atoms with van der Waals surface area (Å²) in [5.74, 6) is 0.912. The summed E-state index contributed by atoms with van der Waals surface area (Å²) in [6.45, 7) is 1.68. The van der Waals surface area contributed by atoms with Gasteiger partial charge in [-0.25, -0.2) is 0 Å². The van der Waals surface area contributed by atoms with Crippen LogP contribution < -0.4 is 15.0 Å². The fourth-order valence-electron chi connectivity index (χ4n) is 2.18. The molecule has 1 aromatic carbocycles. The molecule has 0 saturated carbocycles. The molecule has 0 aliphatic carbocycles. The number of rotatable bonds is 3. The molecule has 1 saturated heterocycles. The van der Waals surface area contributed by atoms with E-state index in [1.807, 2.05) is 18.2 Å². The number of benzene rings is 1. The van der Waals surface area contributed by atoms with Gasteiger partial charge < -0.3 is 15.0 Å². The number of anilines is 1. The van der Waals surface area contributed by atoms with Gasteiger partial charge in [0.15, 0.2) is 0 Å². The summed E-state index contributed by atoms with van der Waals surface area (Å²) in [5, 5.41) is 3.21. The van der Waals surface area contributed by atoms with Crippen LogP contribution in [0.25, 0.3) is 0 Å². The topological polar surface area (TPSA) is 41.6 Å². The fourth-order valence-corrected chi connectivity index (χ4v) is 2.53. The van der Waals surface area contributed by atoms with Crippen LogP contribution in [0.15, 0.2) is 22.7 Å². The van der Waals surface area contributed by atoms with Crippen molar-refractivity contribution in [3.63, 3.8) is 0 Å². The molecule has 2 rings (SSSR count). The number of carbonyl (C=O) groups is 1. The van der Waals surface area contributed by atoms with Gasteiger partial charge in [0.2, 0.25) is 5.91 Å². The Morgan fingerprint density at radius 1 is 1.56 bits per heavy atom. The van der Waals surface area contributed by atoms with E-state index in [2.05, 4.69) is 21.2 Å². The lowest BCUT2D eigenvalue weighted by molar-refractivity contribution is -0.121. The number of nitrogens with zero attached hydrogens (tertiary/aromatic N) is 1. The van der Waals surface area contributed by atoms with E-state index in [-0.39, 0.29) is 11.8 Å². The summed E-state index contributed by atoms with van der Waals surface area (Å²) in [4.78, 5) is 14.0. The van der Waals surface area contributed by atoms with E-state index in [1.165, 1.54) is 0 Å². The molecular formula is C13H17BrN2O2. The number of nitrogens with one attached hydrogen (secondary N) is 1. The molecule has 5 heteroatoms. The van der Waals surface area contributed by atoms with Gasteiger partial charge >= 0.3 is 0 Å². The van der Waals surface area contributed by atoms with Crippen molar-refractivity contribution in [2.45, 2.75) is 6.42 Å². The van der Waals surface area contributed by atoms with Crippen molar-refractivity contribution < 1.29 is 9.53 Å². The first-order chi connectivity index (χ1) is 8.63. The monoisotopic (exact) mass is 312 g/mol. The van der Waals surface area contributed by atoms with Crippen molar-refractivity contribution >= 4 is 27.5 Å².